The van der Waals surface area contributed by atoms with Crippen molar-refractivity contribution in [3.63, 3.8) is 0 Å². The lowest BCUT2D eigenvalue weighted by molar-refractivity contribution is -0.148. The van der Waals surface area contributed by atoms with Gasteiger partial charge in [0.05, 0.1) is 35.2 Å². The van der Waals surface area contributed by atoms with E-state index in [4.69, 9.17) is 33.2 Å². The number of hydrogen-bond donors (Lipinski definition) is 0. The van der Waals surface area contributed by atoms with Gasteiger partial charge in [-0.05, 0) is 84.6 Å². The fourth-order valence-electron chi connectivity index (χ4n) is 5.44. The van der Waals surface area contributed by atoms with Crippen molar-refractivity contribution in [3.8, 4) is 28.4 Å². The SMILES string of the molecule is C=CC(=O)OCCCCOCC(COc1ccc(C(=O)Oc2ccc(-c3ccc(OCOC(=O)C=C)cc3)cc2/C=N/N(C(=O)CC)c2nc3ccccc3s2)cc1)OC(=O)C=C. The summed E-state index contributed by atoms with van der Waals surface area (Å²) in [6.45, 7) is 12.1. The molecule has 0 aliphatic carbocycles. The average Bonchev–Trinajstić information content (AvgIpc) is 3.74. The number of nitrogens with zero attached hydrogens (tertiary/aromatic N) is 3. The first-order valence-electron chi connectivity index (χ1n) is 19.6. The van der Waals surface area contributed by atoms with Crippen LogP contribution < -0.4 is 19.2 Å². The third-order valence-electron chi connectivity index (χ3n) is 8.68. The first kappa shape index (κ1) is 46.6. The Morgan fingerprint density at radius 1 is 0.762 bits per heavy atom. The van der Waals surface area contributed by atoms with Gasteiger partial charge in [0, 0.05) is 36.8 Å². The second kappa shape index (κ2) is 24.1. The van der Waals surface area contributed by atoms with E-state index in [9.17, 15) is 24.0 Å². The van der Waals surface area contributed by atoms with Gasteiger partial charge in [0.2, 0.25) is 17.8 Å². The molecule has 5 rings (SSSR count). The van der Waals surface area contributed by atoms with Crippen LogP contribution in [0.2, 0.25) is 0 Å². The van der Waals surface area contributed by atoms with E-state index in [1.165, 1.54) is 34.7 Å². The number of aromatic nitrogens is 1. The van der Waals surface area contributed by atoms with Gasteiger partial charge in [0.15, 0.2) is 6.10 Å². The van der Waals surface area contributed by atoms with Gasteiger partial charge in [-0.2, -0.15) is 10.1 Å². The highest BCUT2D eigenvalue weighted by Crippen LogP contribution is 2.31. The average molecular weight is 876 g/mol. The molecule has 63 heavy (non-hydrogen) atoms. The van der Waals surface area contributed by atoms with E-state index in [-0.39, 0.29) is 50.3 Å². The van der Waals surface area contributed by atoms with Gasteiger partial charge in [-0.25, -0.2) is 24.2 Å². The van der Waals surface area contributed by atoms with Gasteiger partial charge in [-0.3, -0.25) is 4.79 Å². The van der Waals surface area contributed by atoms with E-state index in [1.54, 1.807) is 61.5 Å². The topological polar surface area (TPSA) is 178 Å². The Balaban J connectivity index is 1.30. The number of thiazole rings is 1. The predicted molar refractivity (Wildman–Crippen MR) is 237 cm³/mol. The van der Waals surface area contributed by atoms with Crippen molar-refractivity contribution >= 4 is 62.7 Å². The Morgan fingerprint density at radius 3 is 2.14 bits per heavy atom. The number of carbonyl (C=O) groups is 5. The maximum Gasteiger partial charge on any atom is 0.343 e. The minimum Gasteiger partial charge on any atom is -0.490 e. The van der Waals surface area contributed by atoms with Crippen LogP contribution in [-0.2, 0) is 38.1 Å². The number of fused-ring (bicyclic) bond motifs is 1. The lowest BCUT2D eigenvalue weighted by atomic mass is 10.0. The molecule has 0 aliphatic rings. The lowest BCUT2D eigenvalue weighted by Gasteiger charge is -2.18. The molecule has 5 aromatic rings. The standard InChI is InChI=1S/C47H45N3O12S/c1-5-42(51)50(47-49-39-13-9-10-14-41(39)63-47)48-28-35-27-34(32-15-20-37(21-16-32)59-31-60-44(53)7-3)19-24-40(35)62-46(55)33-17-22-36(23-18-33)58-30-38(61-45(54)8-4)29-56-25-11-12-26-57-43(52)6-2/h6-10,13-24,27-28,38H,2-5,11-12,25-26,29-31H2,1H3/b48-28+. The lowest BCUT2D eigenvalue weighted by Crippen LogP contribution is -2.29. The molecule has 0 saturated heterocycles. The number of para-hydroxylation sites is 1. The first-order chi connectivity index (χ1) is 30.6. The predicted octanol–water partition coefficient (Wildman–Crippen LogP) is 8.03. The fourth-order valence-corrected chi connectivity index (χ4v) is 6.38. The molecule has 0 radical (unpaired) electrons. The summed E-state index contributed by atoms with van der Waals surface area (Å²) in [5.41, 5.74) is 2.81. The highest BCUT2D eigenvalue weighted by atomic mass is 32.1. The molecule has 326 valence electrons. The number of amides is 1. The minimum absolute atomic E-state index is 0.0422. The molecule has 15 nitrogen and oxygen atoms in total. The van der Waals surface area contributed by atoms with Crippen molar-refractivity contribution in [1.82, 2.24) is 4.98 Å². The molecule has 4 aromatic carbocycles. The second-order valence-electron chi connectivity index (χ2n) is 13.1. The zero-order valence-electron chi connectivity index (χ0n) is 34.5. The number of benzene rings is 4. The fraction of sp³-hybridized carbons (Fsp3) is 0.213. The molecule has 0 saturated carbocycles. The summed E-state index contributed by atoms with van der Waals surface area (Å²) in [5, 5.41) is 6.16. The maximum atomic E-state index is 13.6. The molecule has 0 spiro atoms. The molecule has 0 bridgehead atoms. The summed E-state index contributed by atoms with van der Waals surface area (Å²) >= 11 is 1.32. The Labute approximate surface area is 367 Å². The van der Waals surface area contributed by atoms with Gasteiger partial charge in [-0.1, -0.05) is 68.3 Å². The van der Waals surface area contributed by atoms with Crippen LogP contribution in [0.15, 0.2) is 134 Å². The van der Waals surface area contributed by atoms with Crippen LogP contribution in [0.5, 0.6) is 17.2 Å². The summed E-state index contributed by atoms with van der Waals surface area (Å²) in [7, 11) is 0. The van der Waals surface area contributed by atoms with Crippen molar-refractivity contribution in [2.45, 2.75) is 32.3 Å². The van der Waals surface area contributed by atoms with Crippen LogP contribution in [0.3, 0.4) is 0 Å². The zero-order chi connectivity index (χ0) is 45.0. The van der Waals surface area contributed by atoms with E-state index in [1.807, 2.05) is 24.3 Å². The number of carbonyl (C=O) groups excluding carboxylic acids is 5. The second-order valence-corrected chi connectivity index (χ2v) is 14.1. The Bertz CT molecular complexity index is 2400. The molecular weight excluding hydrogens is 831 g/mol. The molecule has 1 unspecified atom stereocenters. The summed E-state index contributed by atoms with van der Waals surface area (Å²) in [6, 6.07) is 25.9. The molecule has 0 aliphatic heterocycles. The van der Waals surface area contributed by atoms with Crippen molar-refractivity contribution in [3.05, 3.63) is 140 Å². The Morgan fingerprint density at radius 2 is 1.43 bits per heavy atom. The third-order valence-corrected chi connectivity index (χ3v) is 9.69. The van der Waals surface area contributed by atoms with Gasteiger partial charge in [0.1, 0.15) is 23.9 Å². The van der Waals surface area contributed by atoms with Gasteiger partial charge in [-0.15, -0.1) is 0 Å². The smallest absolute Gasteiger partial charge is 0.343 e. The van der Waals surface area contributed by atoms with E-state index in [0.29, 0.717) is 41.6 Å². The number of hydrogen-bond acceptors (Lipinski definition) is 15. The molecule has 1 heterocycles. The minimum atomic E-state index is -0.764. The number of esters is 4. The van der Waals surface area contributed by atoms with Gasteiger partial charge >= 0.3 is 23.9 Å². The van der Waals surface area contributed by atoms with Gasteiger partial charge in [0.25, 0.3) is 0 Å². The normalized spacial score (nSPS) is 11.3. The summed E-state index contributed by atoms with van der Waals surface area (Å²) in [6.07, 6.45) is 5.19. The molecule has 16 heteroatoms. The summed E-state index contributed by atoms with van der Waals surface area (Å²) in [5.74, 6) is -1.71. The van der Waals surface area contributed by atoms with E-state index in [0.717, 1.165) is 39.6 Å². The van der Waals surface area contributed by atoms with Crippen LogP contribution >= 0.6 is 11.3 Å². The van der Waals surface area contributed by atoms with Crippen LogP contribution in [0, 0.1) is 0 Å². The van der Waals surface area contributed by atoms with Crippen molar-refractivity contribution < 1.29 is 57.1 Å². The monoisotopic (exact) mass is 875 g/mol. The van der Waals surface area contributed by atoms with Crippen LogP contribution in [0.1, 0.15) is 42.1 Å². The maximum absolute atomic E-state index is 13.6. The van der Waals surface area contributed by atoms with Crippen molar-refractivity contribution in [2.75, 3.05) is 38.2 Å². The van der Waals surface area contributed by atoms with Crippen LogP contribution in [-0.4, -0.2) is 80.3 Å². The molecule has 0 fully saturated rings. The highest BCUT2D eigenvalue weighted by molar-refractivity contribution is 7.22. The summed E-state index contributed by atoms with van der Waals surface area (Å²) in [4.78, 5) is 65.9. The van der Waals surface area contributed by atoms with Crippen molar-refractivity contribution in [1.29, 1.82) is 0 Å². The quantitative estimate of drug-likeness (QED) is 0.00851. The third kappa shape index (κ3) is 14.3. The Hall–Kier alpha value is -7.43. The largest absolute Gasteiger partial charge is 0.490 e. The van der Waals surface area contributed by atoms with E-state index >= 15 is 0 Å². The van der Waals surface area contributed by atoms with Crippen molar-refractivity contribution in [2.24, 2.45) is 5.10 Å². The molecule has 1 amide bonds. The highest BCUT2D eigenvalue weighted by Gasteiger charge is 2.20. The zero-order valence-corrected chi connectivity index (χ0v) is 35.3. The Kier molecular flexibility index (Phi) is 17.9. The molecule has 0 N–H and O–H groups in total. The number of unbranched alkanes of at least 4 members (excludes halogenated alkanes) is 1. The molecule has 1 aromatic heterocycles. The number of ether oxygens (including phenoxy) is 7. The summed E-state index contributed by atoms with van der Waals surface area (Å²) < 4.78 is 39.0. The van der Waals surface area contributed by atoms with E-state index in [2.05, 4.69) is 29.8 Å². The van der Waals surface area contributed by atoms with Gasteiger partial charge < -0.3 is 33.2 Å². The number of hydrazone groups is 1. The van der Waals surface area contributed by atoms with Crippen LogP contribution in [0.4, 0.5) is 5.13 Å². The van der Waals surface area contributed by atoms with Crippen LogP contribution in [0.25, 0.3) is 21.3 Å². The number of anilines is 1. The number of rotatable bonds is 24. The molecule has 1 atom stereocenters. The molecular formula is C47H45N3O12S. The van der Waals surface area contributed by atoms with E-state index < -0.39 is 30.0 Å². The first-order valence-corrected chi connectivity index (χ1v) is 20.5.